The molecule has 4 rings (SSSR count). The molecule has 1 aliphatic heterocycles. The van der Waals surface area contributed by atoms with E-state index in [-0.39, 0.29) is 17.9 Å². The Balaban J connectivity index is 1.67. The molecule has 122 valence electrons. The third kappa shape index (κ3) is 2.21. The molecule has 24 heavy (non-hydrogen) atoms. The largest absolute Gasteiger partial charge is 0.465 e. The molecule has 0 bridgehead atoms. The van der Waals surface area contributed by atoms with E-state index < -0.39 is 0 Å². The van der Waals surface area contributed by atoms with Crippen LogP contribution in [0.15, 0.2) is 36.4 Å². The van der Waals surface area contributed by atoms with Gasteiger partial charge < -0.3 is 9.64 Å². The van der Waals surface area contributed by atoms with Crippen molar-refractivity contribution in [2.75, 3.05) is 7.11 Å². The minimum Gasteiger partial charge on any atom is -0.465 e. The molecule has 0 spiro atoms. The molecular formula is C19H16ClNO3. The number of rotatable bonds is 2. The van der Waals surface area contributed by atoms with Gasteiger partial charge in [-0.2, -0.15) is 0 Å². The van der Waals surface area contributed by atoms with Crippen molar-refractivity contribution in [1.82, 2.24) is 4.90 Å². The lowest BCUT2D eigenvalue weighted by atomic mass is 10.0. The Morgan fingerprint density at radius 3 is 2.83 bits per heavy atom. The van der Waals surface area contributed by atoms with Crippen molar-refractivity contribution < 1.29 is 14.3 Å². The Morgan fingerprint density at radius 1 is 1.25 bits per heavy atom. The van der Waals surface area contributed by atoms with Crippen molar-refractivity contribution in [1.29, 1.82) is 0 Å². The zero-order chi connectivity index (χ0) is 16.8. The number of halogens is 1. The van der Waals surface area contributed by atoms with Crippen molar-refractivity contribution in [3.63, 3.8) is 0 Å². The molecule has 2 aromatic carbocycles. The van der Waals surface area contributed by atoms with Crippen molar-refractivity contribution in [3.05, 3.63) is 69.2 Å². The normalized spacial score (nSPS) is 18.5. The van der Waals surface area contributed by atoms with Crippen LogP contribution in [0.5, 0.6) is 0 Å². The van der Waals surface area contributed by atoms with Crippen LogP contribution in [0, 0.1) is 0 Å². The Hall–Kier alpha value is -2.33. The van der Waals surface area contributed by atoms with Gasteiger partial charge in [-0.05, 0) is 47.7 Å². The number of amides is 1. The van der Waals surface area contributed by atoms with Crippen LogP contribution in [-0.4, -0.2) is 23.9 Å². The number of ether oxygens (including phenoxy) is 1. The van der Waals surface area contributed by atoms with E-state index in [1.54, 1.807) is 12.1 Å². The first-order chi connectivity index (χ1) is 11.6. The predicted molar refractivity (Wildman–Crippen MR) is 90.2 cm³/mol. The van der Waals surface area contributed by atoms with Gasteiger partial charge in [-0.15, -0.1) is 0 Å². The van der Waals surface area contributed by atoms with Gasteiger partial charge in [0.1, 0.15) is 0 Å². The Kier molecular flexibility index (Phi) is 3.57. The van der Waals surface area contributed by atoms with E-state index in [9.17, 15) is 9.59 Å². The molecule has 0 aromatic heterocycles. The third-order valence-corrected chi connectivity index (χ3v) is 5.22. The summed E-state index contributed by atoms with van der Waals surface area (Å²) in [4.78, 5) is 26.4. The van der Waals surface area contributed by atoms with Gasteiger partial charge in [0.25, 0.3) is 5.91 Å². The molecule has 0 saturated heterocycles. The van der Waals surface area contributed by atoms with E-state index in [1.807, 2.05) is 29.2 Å². The van der Waals surface area contributed by atoms with Gasteiger partial charge in [0, 0.05) is 6.54 Å². The van der Waals surface area contributed by atoms with Gasteiger partial charge in [0.15, 0.2) is 0 Å². The first-order valence-electron chi connectivity index (χ1n) is 7.89. The lowest BCUT2D eigenvalue weighted by Crippen LogP contribution is -2.27. The second-order valence-electron chi connectivity index (χ2n) is 6.17. The number of carbonyl (C=O) groups is 2. The number of benzene rings is 2. The van der Waals surface area contributed by atoms with Gasteiger partial charge in [-0.3, -0.25) is 4.79 Å². The molecule has 0 saturated carbocycles. The van der Waals surface area contributed by atoms with Crippen LogP contribution in [0.25, 0.3) is 0 Å². The molecule has 5 heteroatoms. The zero-order valence-electron chi connectivity index (χ0n) is 13.2. The van der Waals surface area contributed by atoms with Crippen molar-refractivity contribution in [2.24, 2.45) is 0 Å². The maximum Gasteiger partial charge on any atom is 0.337 e. The lowest BCUT2D eigenvalue weighted by Gasteiger charge is -2.25. The highest BCUT2D eigenvalue weighted by Crippen LogP contribution is 2.41. The fourth-order valence-corrected chi connectivity index (χ4v) is 4.03. The maximum absolute atomic E-state index is 12.8. The molecule has 2 aromatic rings. The SMILES string of the molecule is COC(=O)c1ccc2c(c1)CC[C@H]2N1Cc2cccc(Cl)c2C1=O. The number of methoxy groups -OCH3 is 1. The summed E-state index contributed by atoms with van der Waals surface area (Å²) < 4.78 is 4.78. The molecule has 0 fully saturated rings. The summed E-state index contributed by atoms with van der Waals surface area (Å²) in [7, 11) is 1.38. The number of carbonyl (C=O) groups excluding carboxylic acids is 2. The molecular weight excluding hydrogens is 326 g/mol. The average Bonchev–Trinajstić information content (AvgIpc) is 3.15. The summed E-state index contributed by atoms with van der Waals surface area (Å²) in [6, 6.07) is 11.2. The molecule has 4 nitrogen and oxygen atoms in total. The number of nitrogens with zero attached hydrogens (tertiary/aromatic N) is 1. The maximum atomic E-state index is 12.8. The van der Waals surface area contributed by atoms with E-state index in [2.05, 4.69) is 0 Å². The molecule has 0 unspecified atom stereocenters. The summed E-state index contributed by atoms with van der Waals surface area (Å²) in [5.74, 6) is -0.344. The lowest BCUT2D eigenvalue weighted by molar-refractivity contribution is 0.0599. The number of fused-ring (bicyclic) bond motifs is 2. The highest BCUT2D eigenvalue weighted by Gasteiger charge is 2.37. The van der Waals surface area contributed by atoms with E-state index in [1.165, 1.54) is 7.11 Å². The minimum absolute atomic E-state index is 0.00880. The summed E-state index contributed by atoms with van der Waals surface area (Å²) in [5.41, 5.74) is 4.37. The number of aryl methyl sites for hydroxylation is 1. The monoisotopic (exact) mass is 341 g/mol. The number of esters is 1. The van der Waals surface area contributed by atoms with Crippen LogP contribution < -0.4 is 0 Å². The highest BCUT2D eigenvalue weighted by atomic mass is 35.5. The third-order valence-electron chi connectivity index (χ3n) is 4.90. The van der Waals surface area contributed by atoms with Gasteiger partial charge in [0.2, 0.25) is 0 Å². The number of hydrogen-bond acceptors (Lipinski definition) is 3. The van der Waals surface area contributed by atoms with Crippen LogP contribution in [0.3, 0.4) is 0 Å². The van der Waals surface area contributed by atoms with Crippen LogP contribution in [0.2, 0.25) is 5.02 Å². The van der Waals surface area contributed by atoms with Crippen LogP contribution in [0.1, 0.15) is 49.9 Å². The van der Waals surface area contributed by atoms with E-state index >= 15 is 0 Å². The van der Waals surface area contributed by atoms with Crippen molar-refractivity contribution >= 4 is 23.5 Å². The fraction of sp³-hybridized carbons (Fsp3) is 0.263. The van der Waals surface area contributed by atoms with Gasteiger partial charge in [0.05, 0.1) is 29.3 Å². The van der Waals surface area contributed by atoms with Crippen molar-refractivity contribution in [2.45, 2.75) is 25.4 Å². The molecule has 1 atom stereocenters. The second kappa shape index (κ2) is 5.64. The first kappa shape index (κ1) is 15.2. The Bertz CT molecular complexity index is 862. The summed E-state index contributed by atoms with van der Waals surface area (Å²) in [6.07, 6.45) is 1.70. The Labute approximate surface area is 145 Å². The average molecular weight is 342 g/mol. The van der Waals surface area contributed by atoms with Gasteiger partial charge in [-0.1, -0.05) is 29.8 Å². The summed E-state index contributed by atoms with van der Waals surface area (Å²) in [5, 5.41) is 0.513. The Morgan fingerprint density at radius 2 is 2.08 bits per heavy atom. The highest BCUT2D eigenvalue weighted by molar-refractivity contribution is 6.34. The summed E-state index contributed by atoms with van der Waals surface area (Å²) in [6.45, 7) is 0.581. The first-order valence-corrected chi connectivity index (χ1v) is 8.27. The molecule has 1 heterocycles. The van der Waals surface area contributed by atoms with Gasteiger partial charge >= 0.3 is 5.97 Å². The molecule has 1 aliphatic carbocycles. The number of hydrogen-bond donors (Lipinski definition) is 0. The molecule has 1 amide bonds. The van der Waals surface area contributed by atoms with E-state index in [0.717, 1.165) is 29.5 Å². The molecule has 2 aliphatic rings. The molecule has 0 radical (unpaired) electrons. The topological polar surface area (TPSA) is 46.6 Å². The standard InChI is InChI=1S/C19H16ClNO3/c1-24-19(23)12-5-7-14-11(9-12)6-8-16(14)21-10-13-3-2-4-15(20)17(13)18(21)22/h2-5,7,9,16H,6,8,10H2,1H3/t16-/m1/s1. The predicted octanol–water partition coefficient (Wildman–Crippen LogP) is 3.77. The summed E-state index contributed by atoms with van der Waals surface area (Å²) >= 11 is 6.21. The van der Waals surface area contributed by atoms with Crippen LogP contribution >= 0.6 is 11.6 Å². The van der Waals surface area contributed by atoms with Crippen LogP contribution in [0.4, 0.5) is 0 Å². The van der Waals surface area contributed by atoms with E-state index in [0.29, 0.717) is 22.7 Å². The van der Waals surface area contributed by atoms with E-state index in [4.69, 9.17) is 16.3 Å². The smallest absolute Gasteiger partial charge is 0.337 e. The zero-order valence-corrected chi connectivity index (χ0v) is 14.0. The van der Waals surface area contributed by atoms with Crippen molar-refractivity contribution in [3.8, 4) is 0 Å². The van der Waals surface area contributed by atoms with Crippen LogP contribution in [-0.2, 0) is 17.7 Å². The van der Waals surface area contributed by atoms with Gasteiger partial charge in [-0.25, -0.2) is 4.79 Å². The quantitative estimate of drug-likeness (QED) is 0.781. The minimum atomic E-state index is -0.335. The second-order valence-corrected chi connectivity index (χ2v) is 6.57. The fourth-order valence-electron chi connectivity index (χ4n) is 3.75. The molecule has 0 N–H and O–H groups in total.